The highest BCUT2D eigenvalue weighted by atomic mass is 16.4. The van der Waals surface area contributed by atoms with E-state index in [4.69, 9.17) is 10.4 Å². The Morgan fingerprint density at radius 2 is 2.14 bits per heavy atom. The predicted molar refractivity (Wildman–Crippen MR) is 77.4 cm³/mol. The molecule has 112 valence electrons. The monoisotopic (exact) mass is 289 g/mol. The van der Waals surface area contributed by atoms with Crippen LogP contribution in [0.2, 0.25) is 0 Å². The van der Waals surface area contributed by atoms with Crippen molar-refractivity contribution in [2.45, 2.75) is 26.3 Å². The Morgan fingerprint density at radius 3 is 2.76 bits per heavy atom. The molecule has 2 amide bonds. The molecule has 6 heteroatoms. The minimum Gasteiger partial charge on any atom is -0.481 e. The SMILES string of the molecule is CCC(CNC(=O)NCc1cccc(C#N)c1)CC(=O)O. The standard InChI is InChI=1S/C15H19N3O3/c1-2-11(7-14(19)20)9-17-15(21)18-10-13-5-3-4-12(6-13)8-16/h3-6,11H,2,7,9-10H2,1H3,(H,19,20)(H2,17,18,21). The van der Waals surface area contributed by atoms with Gasteiger partial charge in [-0.1, -0.05) is 25.5 Å². The summed E-state index contributed by atoms with van der Waals surface area (Å²) in [5.74, 6) is -0.937. The third-order valence-corrected chi connectivity index (χ3v) is 3.10. The quantitative estimate of drug-likeness (QED) is 0.713. The number of nitriles is 1. The lowest BCUT2D eigenvalue weighted by Crippen LogP contribution is -2.38. The summed E-state index contributed by atoms with van der Waals surface area (Å²) in [7, 11) is 0. The molecule has 1 aromatic rings. The summed E-state index contributed by atoms with van der Waals surface area (Å²) in [6.45, 7) is 2.53. The number of aliphatic carboxylic acids is 1. The molecule has 1 atom stereocenters. The molecule has 0 bridgehead atoms. The predicted octanol–water partition coefficient (Wildman–Crippen LogP) is 1.86. The molecule has 1 aromatic carbocycles. The third-order valence-electron chi connectivity index (χ3n) is 3.10. The molecule has 3 N–H and O–H groups in total. The number of carbonyl (C=O) groups is 2. The number of nitrogens with zero attached hydrogens (tertiary/aromatic N) is 1. The molecule has 0 aliphatic rings. The summed E-state index contributed by atoms with van der Waals surface area (Å²) >= 11 is 0. The van der Waals surface area contributed by atoms with Crippen LogP contribution in [-0.4, -0.2) is 23.7 Å². The van der Waals surface area contributed by atoms with Crippen molar-refractivity contribution in [3.05, 3.63) is 35.4 Å². The Balaban J connectivity index is 2.36. The first-order valence-corrected chi connectivity index (χ1v) is 6.77. The normalized spacial score (nSPS) is 11.2. The molecule has 1 unspecified atom stereocenters. The van der Waals surface area contributed by atoms with Gasteiger partial charge in [0.2, 0.25) is 0 Å². The number of carboxylic acid groups (broad SMARTS) is 1. The number of urea groups is 1. The van der Waals surface area contributed by atoms with E-state index in [1.54, 1.807) is 18.2 Å². The fourth-order valence-corrected chi connectivity index (χ4v) is 1.84. The summed E-state index contributed by atoms with van der Waals surface area (Å²) in [6.07, 6.45) is 0.734. The molecule has 1 rings (SSSR count). The zero-order valence-electron chi connectivity index (χ0n) is 11.9. The molecule has 0 spiro atoms. The van der Waals surface area contributed by atoms with E-state index in [9.17, 15) is 9.59 Å². The van der Waals surface area contributed by atoms with Crippen LogP contribution in [-0.2, 0) is 11.3 Å². The van der Waals surface area contributed by atoms with Gasteiger partial charge >= 0.3 is 12.0 Å². The van der Waals surface area contributed by atoms with Crippen LogP contribution < -0.4 is 10.6 Å². The van der Waals surface area contributed by atoms with Crippen molar-refractivity contribution in [2.75, 3.05) is 6.54 Å². The van der Waals surface area contributed by atoms with Crippen molar-refractivity contribution >= 4 is 12.0 Å². The van der Waals surface area contributed by atoms with E-state index >= 15 is 0 Å². The average Bonchev–Trinajstić information content (AvgIpc) is 2.49. The van der Waals surface area contributed by atoms with Gasteiger partial charge in [0, 0.05) is 19.5 Å². The fourth-order valence-electron chi connectivity index (χ4n) is 1.84. The highest BCUT2D eigenvalue weighted by molar-refractivity contribution is 5.74. The number of hydrogen-bond donors (Lipinski definition) is 3. The molecular weight excluding hydrogens is 270 g/mol. The van der Waals surface area contributed by atoms with Gasteiger partial charge in [-0.05, 0) is 23.6 Å². The molecule has 0 saturated carbocycles. The molecule has 0 radical (unpaired) electrons. The van der Waals surface area contributed by atoms with Gasteiger partial charge in [-0.25, -0.2) is 4.79 Å². The van der Waals surface area contributed by atoms with Gasteiger partial charge in [0.1, 0.15) is 0 Å². The first-order valence-electron chi connectivity index (χ1n) is 6.77. The van der Waals surface area contributed by atoms with E-state index in [0.717, 1.165) is 5.56 Å². The maximum absolute atomic E-state index is 11.6. The highest BCUT2D eigenvalue weighted by Gasteiger charge is 2.12. The summed E-state index contributed by atoms with van der Waals surface area (Å²) in [4.78, 5) is 22.3. The van der Waals surface area contributed by atoms with Crippen LogP contribution in [0.3, 0.4) is 0 Å². The Morgan fingerprint density at radius 1 is 1.38 bits per heavy atom. The van der Waals surface area contributed by atoms with Crippen molar-refractivity contribution in [1.29, 1.82) is 5.26 Å². The minimum atomic E-state index is -0.864. The van der Waals surface area contributed by atoms with E-state index in [2.05, 4.69) is 10.6 Å². The second-order valence-corrected chi connectivity index (χ2v) is 4.75. The first-order chi connectivity index (χ1) is 10.0. The summed E-state index contributed by atoms with van der Waals surface area (Å²) in [6, 6.07) is 8.67. The number of carboxylic acids is 1. The van der Waals surface area contributed by atoms with Crippen molar-refractivity contribution in [1.82, 2.24) is 10.6 Å². The van der Waals surface area contributed by atoms with Gasteiger partial charge in [0.25, 0.3) is 0 Å². The van der Waals surface area contributed by atoms with Crippen molar-refractivity contribution in [3.8, 4) is 6.07 Å². The van der Waals surface area contributed by atoms with E-state index < -0.39 is 5.97 Å². The Labute approximate surface area is 123 Å². The zero-order valence-corrected chi connectivity index (χ0v) is 11.9. The number of nitrogens with one attached hydrogen (secondary N) is 2. The van der Waals surface area contributed by atoms with Crippen LogP contribution >= 0.6 is 0 Å². The number of hydrogen-bond acceptors (Lipinski definition) is 3. The van der Waals surface area contributed by atoms with Gasteiger partial charge in [0.15, 0.2) is 0 Å². The number of carbonyl (C=O) groups excluding carboxylic acids is 1. The molecule has 0 fully saturated rings. The number of benzene rings is 1. The summed E-state index contributed by atoms with van der Waals surface area (Å²) < 4.78 is 0. The molecule has 21 heavy (non-hydrogen) atoms. The lowest BCUT2D eigenvalue weighted by Gasteiger charge is -2.14. The fraction of sp³-hybridized carbons (Fsp3) is 0.400. The Hall–Kier alpha value is -2.55. The molecule has 0 heterocycles. The number of rotatable bonds is 7. The average molecular weight is 289 g/mol. The molecule has 0 saturated heterocycles. The topological polar surface area (TPSA) is 102 Å². The van der Waals surface area contributed by atoms with Crippen LogP contribution in [0.5, 0.6) is 0 Å². The highest BCUT2D eigenvalue weighted by Crippen LogP contribution is 2.06. The third kappa shape index (κ3) is 6.43. The van der Waals surface area contributed by atoms with Crippen molar-refractivity contribution < 1.29 is 14.7 Å². The first kappa shape index (κ1) is 16.5. The largest absolute Gasteiger partial charge is 0.481 e. The van der Waals surface area contributed by atoms with Crippen LogP contribution in [0.4, 0.5) is 4.79 Å². The lowest BCUT2D eigenvalue weighted by atomic mass is 10.0. The number of amides is 2. The smallest absolute Gasteiger partial charge is 0.315 e. The molecule has 0 aromatic heterocycles. The van der Waals surface area contributed by atoms with E-state index in [-0.39, 0.29) is 18.4 Å². The second-order valence-electron chi connectivity index (χ2n) is 4.75. The minimum absolute atomic E-state index is 0.0427. The summed E-state index contributed by atoms with van der Waals surface area (Å²) in [5, 5.41) is 22.8. The maximum Gasteiger partial charge on any atom is 0.315 e. The van der Waals surface area contributed by atoms with Crippen molar-refractivity contribution in [3.63, 3.8) is 0 Å². The lowest BCUT2D eigenvalue weighted by molar-refractivity contribution is -0.138. The van der Waals surface area contributed by atoms with E-state index in [1.807, 2.05) is 19.1 Å². The maximum atomic E-state index is 11.6. The van der Waals surface area contributed by atoms with Gasteiger partial charge in [-0.15, -0.1) is 0 Å². The molecule has 0 aliphatic heterocycles. The Kier molecular flexibility index (Phi) is 6.75. The van der Waals surface area contributed by atoms with Crippen LogP contribution in [0.1, 0.15) is 30.9 Å². The van der Waals surface area contributed by atoms with E-state index in [0.29, 0.717) is 25.1 Å². The van der Waals surface area contributed by atoms with Gasteiger partial charge in [-0.2, -0.15) is 5.26 Å². The van der Waals surface area contributed by atoms with Gasteiger partial charge in [-0.3, -0.25) is 4.79 Å². The van der Waals surface area contributed by atoms with Crippen LogP contribution in [0.25, 0.3) is 0 Å². The van der Waals surface area contributed by atoms with Crippen LogP contribution in [0, 0.1) is 17.2 Å². The molecule has 0 aliphatic carbocycles. The molecular formula is C15H19N3O3. The summed E-state index contributed by atoms with van der Waals surface area (Å²) in [5.41, 5.74) is 1.38. The van der Waals surface area contributed by atoms with Gasteiger partial charge in [0.05, 0.1) is 11.6 Å². The van der Waals surface area contributed by atoms with Crippen LogP contribution in [0.15, 0.2) is 24.3 Å². The zero-order chi connectivity index (χ0) is 15.7. The Bertz CT molecular complexity index is 537. The second kappa shape index (κ2) is 8.59. The van der Waals surface area contributed by atoms with Gasteiger partial charge < -0.3 is 15.7 Å². The van der Waals surface area contributed by atoms with Crippen molar-refractivity contribution in [2.24, 2.45) is 5.92 Å². The van der Waals surface area contributed by atoms with E-state index in [1.165, 1.54) is 0 Å². The molecule has 6 nitrogen and oxygen atoms in total.